The highest BCUT2D eigenvalue weighted by molar-refractivity contribution is 9.10. The number of thioether (sulfide) groups is 1. The molecule has 94 valence electrons. The topological polar surface area (TPSA) is 26.0 Å². The highest BCUT2D eigenvalue weighted by Crippen LogP contribution is 2.29. The molecule has 0 saturated carbocycles. The Kier molecular flexibility index (Phi) is 4.87. The standard InChI is InChI=1S/C15H16BrNS/c1-11(17)14-8-7-13(9-15(14)16)18-10-12-5-3-2-4-6-12/h2-9,11H,10,17H2,1H3/t11-/m1/s1. The Morgan fingerprint density at radius 2 is 1.89 bits per heavy atom. The van der Waals surface area contributed by atoms with E-state index in [1.807, 2.05) is 24.8 Å². The number of halogens is 1. The van der Waals surface area contributed by atoms with Gasteiger partial charge in [0.25, 0.3) is 0 Å². The van der Waals surface area contributed by atoms with Crippen LogP contribution in [0.1, 0.15) is 24.1 Å². The summed E-state index contributed by atoms with van der Waals surface area (Å²) in [6, 6.07) is 16.9. The number of nitrogens with two attached hydrogens (primary N) is 1. The molecule has 0 aliphatic heterocycles. The predicted molar refractivity (Wildman–Crippen MR) is 82.7 cm³/mol. The van der Waals surface area contributed by atoms with E-state index in [2.05, 4.69) is 58.4 Å². The summed E-state index contributed by atoms with van der Waals surface area (Å²) in [6.07, 6.45) is 0. The minimum atomic E-state index is 0.0625. The van der Waals surface area contributed by atoms with Crippen molar-refractivity contribution in [1.82, 2.24) is 0 Å². The number of benzene rings is 2. The van der Waals surface area contributed by atoms with Crippen LogP contribution in [0.15, 0.2) is 57.9 Å². The lowest BCUT2D eigenvalue weighted by Gasteiger charge is -2.10. The quantitative estimate of drug-likeness (QED) is 0.821. The van der Waals surface area contributed by atoms with Gasteiger partial charge in [-0.15, -0.1) is 11.8 Å². The van der Waals surface area contributed by atoms with E-state index in [9.17, 15) is 0 Å². The lowest BCUT2D eigenvalue weighted by molar-refractivity contribution is 0.811. The van der Waals surface area contributed by atoms with Crippen LogP contribution in [0.2, 0.25) is 0 Å². The maximum absolute atomic E-state index is 5.89. The van der Waals surface area contributed by atoms with E-state index < -0.39 is 0 Å². The molecule has 0 heterocycles. The average molecular weight is 322 g/mol. The molecule has 0 aromatic heterocycles. The van der Waals surface area contributed by atoms with Gasteiger partial charge in [0.1, 0.15) is 0 Å². The summed E-state index contributed by atoms with van der Waals surface area (Å²) in [5.41, 5.74) is 8.39. The second-order valence-electron chi connectivity index (χ2n) is 4.25. The first-order chi connectivity index (χ1) is 8.66. The van der Waals surface area contributed by atoms with Gasteiger partial charge in [0.2, 0.25) is 0 Å². The Balaban J connectivity index is 2.05. The number of hydrogen-bond donors (Lipinski definition) is 1. The van der Waals surface area contributed by atoms with Crippen molar-refractivity contribution < 1.29 is 0 Å². The van der Waals surface area contributed by atoms with Crippen LogP contribution < -0.4 is 5.73 Å². The molecule has 0 aliphatic rings. The smallest absolute Gasteiger partial charge is 0.0277 e. The molecule has 2 rings (SSSR count). The summed E-state index contributed by atoms with van der Waals surface area (Å²) in [4.78, 5) is 1.26. The Bertz CT molecular complexity index is 511. The van der Waals surface area contributed by atoms with Gasteiger partial charge in [-0.3, -0.25) is 0 Å². The van der Waals surface area contributed by atoms with Crippen LogP contribution in [0.3, 0.4) is 0 Å². The van der Waals surface area contributed by atoms with Gasteiger partial charge in [0.05, 0.1) is 0 Å². The number of hydrogen-bond acceptors (Lipinski definition) is 2. The molecule has 1 atom stereocenters. The van der Waals surface area contributed by atoms with E-state index in [0.717, 1.165) is 15.8 Å². The van der Waals surface area contributed by atoms with Crippen molar-refractivity contribution in [2.75, 3.05) is 0 Å². The Labute approximate surface area is 121 Å². The molecule has 0 radical (unpaired) electrons. The largest absolute Gasteiger partial charge is 0.324 e. The number of rotatable bonds is 4. The highest BCUT2D eigenvalue weighted by atomic mass is 79.9. The van der Waals surface area contributed by atoms with Crippen molar-refractivity contribution in [3.63, 3.8) is 0 Å². The highest BCUT2D eigenvalue weighted by Gasteiger charge is 2.06. The summed E-state index contributed by atoms with van der Waals surface area (Å²) in [7, 11) is 0. The zero-order chi connectivity index (χ0) is 13.0. The average Bonchev–Trinajstić information content (AvgIpc) is 2.37. The van der Waals surface area contributed by atoms with Gasteiger partial charge in [-0.05, 0) is 30.2 Å². The van der Waals surface area contributed by atoms with Gasteiger partial charge in [0, 0.05) is 21.2 Å². The van der Waals surface area contributed by atoms with Gasteiger partial charge in [-0.2, -0.15) is 0 Å². The van der Waals surface area contributed by atoms with Crippen molar-refractivity contribution in [3.8, 4) is 0 Å². The molecule has 18 heavy (non-hydrogen) atoms. The monoisotopic (exact) mass is 321 g/mol. The summed E-state index contributed by atoms with van der Waals surface area (Å²) >= 11 is 5.42. The molecule has 0 saturated heterocycles. The minimum absolute atomic E-state index is 0.0625. The van der Waals surface area contributed by atoms with Crippen molar-refractivity contribution in [1.29, 1.82) is 0 Å². The Morgan fingerprint density at radius 1 is 1.17 bits per heavy atom. The first-order valence-electron chi connectivity index (χ1n) is 5.88. The molecular weight excluding hydrogens is 306 g/mol. The van der Waals surface area contributed by atoms with Crippen LogP contribution in [0, 0.1) is 0 Å². The van der Waals surface area contributed by atoms with E-state index >= 15 is 0 Å². The molecule has 2 N–H and O–H groups in total. The van der Waals surface area contributed by atoms with Gasteiger partial charge in [0.15, 0.2) is 0 Å². The fourth-order valence-electron chi connectivity index (χ4n) is 1.71. The molecule has 0 bridgehead atoms. The first kappa shape index (κ1) is 13.7. The zero-order valence-electron chi connectivity index (χ0n) is 10.3. The van der Waals surface area contributed by atoms with Gasteiger partial charge in [-0.25, -0.2) is 0 Å². The molecule has 2 aromatic carbocycles. The van der Waals surface area contributed by atoms with Crippen LogP contribution >= 0.6 is 27.7 Å². The molecule has 1 nitrogen and oxygen atoms in total. The summed E-state index contributed by atoms with van der Waals surface area (Å²) in [5.74, 6) is 0.991. The first-order valence-corrected chi connectivity index (χ1v) is 7.66. The van der Waals surface area contributed by atoms with E-state index in [1.165, 1.54) is 10.5 Å². The third-order valence-electron chi connectivity index (χ3n) is 2.71. The van der Waals surface area contributed by atoms with Crippen molar-refractivity contribution in [2.24, 2.45) is 5.73 Å². The van der Waals surface area contributed by atoms with E-state index in [1.54, 1.807) is 0 Å². The minimum Gasteiger partial charge on any atom is -0.324 e. The second-order valence-corrected chi connectivity index (χ2v) is 6.15. The summed E-state index contributed by atoms with van der Waals surface area (Å²) < 4.78 is 1.09. The van der Waals surface area contributed by atoms with E-state index in [0.29, 0.717) is 0 Å². The molecule has 3 heteroatoms. The van der Waals surface area contributed by atoms with Gasteiger partial charge >= 0.3 is 0 Å². The van der Waals surface area contributed by atoms with E-state index in [-0.39, 0.29) is 6.04 Å². The van der Waals surface area contributed by atoms with Gasteiger partial charge in [-0.1, -0.05) is 52.3 Å². The van der Waals surface area contributed by atoms with Gasteiger partial charge < -0.3 is 5.73 Å². The van der Waals surface area contributed by atoms with Crippen molar-refractivity contribution in [2.45, 2.75) is 23.6 Å². The maximum atomic E-state index is 5.89. The van der Waals surface area contributed by atoms with Crippen molar-refractivity contribution in [3.05, 3.63) is 64.1 Å². The Hall–Kier alpha value is -0.770. The van der Waals surface area contributed by atoms with Crippen molar-refractivity contribution >= 4 is 27.7 Å². The normalized spacial score (nSPS) is 12.4. The van der Waals surface area contributed by atoms with Crippen LogP contribution in [0.25, 0.3) is 0 Å². The lowest BCUT2D eigenvalue weighted by atomic mass is 10.1. The van der Waals surface area contributed by atoms with Crippen LogP contribution in [-0.2, 0) is 5.75 Å². The molecule has 0 amide bonds. The van der Waals surface area contributed by atoms with Crippen LogP contribution in [0.4, 0.5) is 0 Å². The fraction of sp³-hybridized carbons (Fsp3) is 0.200. The third-order valence-corrected chi connectivity index (χ3v) is 4.46. The third kappa shape index (κ3) is 3.61. The van der Waals surface area contributed by atoms with Crippen LogP contribution in [0.5, 0.6) is 0 Å². The summed E-state index contributed by atoms with van der Waals surface area (Å²) in [6.45, 7) is 2.00. The Morgan fingerprint density at radius 3 is 2.50 bits per heavy atom. The molecule has 0 spiro atoms. The molecule has 2 aromatic rings. The lowest BCUT2D eigenvalue weighted by Crippen LogP contribution is -2.05. The maximum Gasteiger partial charge on any atom is 0.0277 e. The van der Waals surface area contributed by atoms with E-state index in [4.69, 9.17) is 5.73 Å². The second kappa shape index (κ2) is 6.41. The predicted octanol–water partition coefficient (Wildman–Crippen LogP) is 4.76. The summed E-state index contributed by atoms with van der Waals surface area (Å²) in [5, 5.41) is 0. The van der Waals surface area contributed by atoms with Crippen LogP contribution in [-0.4, -0.2) is 0 Å². The zero-order valence-corrected chi connectivity index (χ0v) is 12.7. The molecule has 0 unspecified atom stereocenters. The molecule has 0 fully saturated rings. The molecular formula is C15H16BrNS. The molecule has 0 aliphatic carbocycles. The fourth-order valence-corrected chi connectivity index (χ4v) is 3.49. The SMILES string of the molecule is C[C@@H](N)c1ccc(SCc2ccccc2)cc1Br.